The molecule has 0 bridgehead atoms. The van der Waals surface area contributed by atoms with E-state index in [-0.39, 0.29) is 19.6 Å². The maximum absolute atomic E-state index is 13.0. The Bertz CT molecular complexity index is 956. The first-order chi connectivity index (χ1) is 14.8. The predicted octanol–water partition coefficient (Wildman–Crippen LogP) is 3.33. The van der Waals surface area contributed by atoms with Gasteiger partial charge in [-0.3, -0.25) is 14.4 Å². The SMILES string of the molecule is CC(Oc1ccc(Cl)cc1Br)C(=O)N1CCNC(=O)C1CC(=O)OCc1ccccc1. The molecule has 1 aliphatic rings. The van der Waals surface area contributed by atoms with Gasteiger partial charge in [-0.05, 0) is 46.6 Å². The topological polar surface area (TPSA) is 84.9 Å². The van der Waals surface area contributed by atoms with Crippen molar-refractivity contribution in [1.82, 2.24) is 10.2 Å². The summed E-state index contributed by atoms with van der Waals surface area (Å²) in [6.07, 6.45) is -1.10. The van der Waals surface area contributed by atoms with Crippen LogP contribution in [0.2, 0.25) is 5.02 Å². The van der Waals surface area contributed by atoms with Crippen molar-refractivity contribution in [3.63, 3.8) is 0 Å². The fraction of sp³-hybridized carbons (Fsp3) is 0.318. The average molecular weight is 510 g/mol. The van der Waals surface area contributed by atoms with Gasteiger partial charge in [0.05, 0.1) is 10.9 Å². The second kappa shape index (κ2) is 10.6. The van der Waals surface area contributed by atoms with Crippen LogP contribution in [0.5, 0.6) is 5.75 Å². The lowest BCUT2D eigenvalue weighted by Gasteiger charge is -2.36. The molecule has 0 saturated carbocycles. The van der Waals surface area contributed by atoms with E-state index in [1.165, 1.54) is 4.90 Å². The summed E-state index contributed by atoms with van der Waals surface area (Å²) in [5, 5.41) is 3.22. The van der Waals surface area contributed by atoms with E-state index in [1.54, 1.807) is 25.1 Å². The Morgan fingerprint density at radius 3 is 2.71 bits per heavy atom. The number of hydrogen-bond donors (Lipinski definition) is 1. The van der Waals surface area contributed by atoms with Crippen molar-refractivity contribution in [2.45, 2.75) is 32.1 Å². The van der Waals surface area contributed by atoms with Gasteiger partial charge in [0, 0.05) is 18.1 Å². The second-order valence-electron chi connectivity index (χ2n) is 7.02. The number of carbonyl (C=O) groups excluding carboxylic acids is 3. The zero-order valence-electron chi connectivity index (χ0n) is 16.8. The van der Waals surface area contributed by atoms with Crippen molar-refractivity contribution < 1.29 is 23.9 Å². The molecule has 7 nitrogen and oxygen atoms in total. The maximum atomic E-state index is 13.0. The summed E-state index contributed by atoms with van der Waals surface area (Å²) in [6.45, 7) is 2.28. The molecule has 0 aromatic heterocycles. The Morgan fingerprint density at radius 1 is 1.26 bits per heavy atom. The zero-order valence-corrected chi connectivity index (χ0v) is 19.2. The minimum Gasteiger partial charge on any atom is -0.480 e. The van der Waals surface area contributed by atoms with Crippen LogP contribution in [0.25, 0.3) is 0 Å². The molecule has 2 amide bonds. The first-order valence-electron chi connectivity index (χ1n) is 9.74. The maximum Gasteiger partial charge on any atom is 0.308 e. The number of esters is 1. The third kappa shape index (κ3) is 6.21. The summed E-state index contributed by atoms with van der Waals surface area (Å²) in [7, 11) is 0. The number of piperazine rings is 1. The van der Waals surface area contributed by atoms with Gasteiger partial charge in [0.1, 0.15) is 18.4 Å². The van der Waals surface area contributed by atoms with Crippen LogP contribution in [-0.2, 0) is 25.7 Å². The number of ether oxygens (including phenoxy) is 2. The van der Waals surface area contributed by atoms with Crippen molar-refractivity contribution in [2.24, 2.45) is 0 Å². The highest BCUT2D eigenvalue weighted by atomic mass is 79.9. The number of halogens is 2. The lowest BCUT2D eigenvalue weighted by molar-refractivity contribution is -0.154. The molecule has 1 saturated heterocycles. The summed E-state index contributed by atoms with van der Waals surface area (Å²) in [4.78, 5) is 39.2. The van der Waals surface area contributed by atoms with Crippen LogP contribution in [0.4, 0.5) is 0 Å². The van der Waals surface area contributed by atoms with E-state index < -0.39 is 29.9 Å². The number of nitrogens with one attached hydrogen (secondary N) is 1. The van der Waals surface area contributed by atoms with E-state index in [0.29, 0.717) is 21.8 Å². The van der Waals surface area contributed by atoms with Gasteiger partial charge in [-0.25, -0.2) is 0 Å². The molecular formula is C22H22BrClN2O5. The van der Waals surface area contributed by atoms with Crippen LogP contribution in [0.1, 0.15) is 18.9 Å². The number of rotatable bonds is 7. The number of benzene rings is 2. The molecule has 164 valence electrons. The number of hydrogen-bond acceptors (Lipinski definition) is 5. The minimum atomic E-state index is -0.954. The quantitative estimate of drug-likeness (QED) is 0.579. The third-order valence-corrected chi connectivity index (χ3v) is 5.62. The summed E-state index contributed by atoms with van der Waals surface area (Å²) < 4.78 is 11.7. The molecule has 2 aromatic rings. The van der Waals surface area contributed by atoms with E-state index >= 15 is 0 Å². The molecule has 9 heteroatoms. The fourth-order valence-electron chi connectivity index (χ4n) is 3.18. The van der Waals surface area contributed by atoms with Crippen LogP contribution in [0, 0.1) is 0 Å². The van der Waals surface area contributed by atoms with E-state index in [9.17, 15) is 14.4 Å². The molecule has 1 fully saturated rings. The molecule has 2 aromatic carbocycles. The van der Waals surface area contributed by atoms with Gasteiger partial charge in [0.2, 0.25) is 5.91 Å². The molecule has 2 unspecified atom stereocenters. The number of amides is 2. The molecule has 2 atom stereocenters. The van der Waals surface area contributed by atoms with Gasteiger partial charge in [-0.2, -0.15) is 0 Å². The second-order valence-corrected chi connectivity index (χ2v) is 8.31. The Labute approximate surface area is 193 Å². The molecule has 0 aliphatic carbocycles. The largest absolute Gasteiger partial charge is 0.480 e. The molecule has 1 N–H and O–H groups in total. The molecular weight excluding hydrogens is 488 g/mol. The predicted molar refractivity (Wildman–Crippen MR) is 119 cm³/mol. The van der Waals surface area contributed by atoms with E-state index in [0.717, 1.165) is 5.56 Å². The molecule has 3 rings (SSSR count). The summed E-state index contributed by atoms with van der Waals surface area (Å²) in [5.41, 5.74) is 0.840. The lowest BCUT2D eigenvalue weighted by atomic mass is 10.1. The van der Waals surface area contributed by atoms with Gasteiger partial charge in [-0.1, -0.05) is 41.9 Å². The minimum absolute atomic E-state index is 0.103. The molecule has 1 heterocycles. The van der Waals surface area contributed by atoms with E-state index in [4.69, 9.17) is 21.1 Å². The molecule has 1 aliphatic heterocycles. The van der Waals surface area contributed by atoms with Crippen LogP contribution in [0.3, 0.4) is 0 Å². The van der Waals surface area contributed by atoms with E-state index in [2.05, 4.69) is 21.2 Å². The standard InChI is InChI=1S/C22H22BrClN2O5/c1-14(31-19-8-7-16(24)11-17(19)23)22(29)26-10-9-25-21(28)18(26)12-20(27)30-13-15-5-3-2-4-6-15/h2-8,11,14,18H,9-10,12-13H2,1H3,(H,25,28). The summed E-state index contributed by atoms with van der Waals surface area (Å²) >= 11 is 9.29. The smallest absolute Gasteiger partial charge is 0.308 e. The van der Waals surface area contributed by atoms with Gasteiger partial charge in [0.25, 0.3) is 5.91 Å². The van der Waals surface area contributed by atoms with Gasteiger partial charge < -0.3 is 19.7 Å². The van der Waals surface area contributed by atoms with Crippen molar-refractivity contribution in [1.29, 1.82) is 0 Å². The number of nitrogens with zero attached hydrogens (tertiary/aromatic N) is 1. The first-order valence-corrected chi connectivity index (χ1v) is 10.9. The molecule has 31 heavy (non-hydrogen) atoms. The number of carbonyl (C=O) groups is 3. The van der Waals surface area contributed by atoms with Crippen LogP contribution in [-0.4, -0.2) is 47.9 Å². The Hall–Kier alpha value is -2.58. The van der Waals surface area contributed by atoms with Crippen LogP contribution >= 0.6 is 27.5 Å². The van der Waals surface area contributed by atoms with Gasteiger partial charge >= 0.3 is 5.97 Å². The summed E-state index contributed by atoms with van der Waals surface area (Å²) in [6, 6.07) is 13.2. The van der Waals surface area contributed by atoms with Crippen molar-refractivity contribution in [3.05, 3.63) is 63.6 Å². The average Bonchev–Trinajstić information content (AvgIpc) is 2.76. The molecule has 0 spiro atoms. The molecule has 0 radical (unpaired) electrons. The Morgan fingerprint density at radius 2 is 2.00 bits per heavy atom. The highest BCUT2D eigenvalue weighted by molar-refractivity contribution is 9.10. The van der Waals surface area contributed by atoms with Crippen LogP contribution in [0.15, 0.2) is 53.0 Å². The van der Waals surface area contributed by atoms with Gasteiger partial charge in [-0.15, -0.1) is 0 Å². The Balaban J connectivity index is 1.63. The monoisotopic (exact) mass is 508 g/mol. The van der Waals surface area contributed by atoms with Gasteiger partial charge in [0.15, 0.2) is 6.10 Å². The van der Waals surface area contributed by atoms with Crippen LogP contribution < -0.4 is 10.1 Å². The van der Waals surface area contributed by atoms with E-state index in [1.807, 2.05) is 30.3 Å². The lowest BCUT2D eigenvalue weighted by Crippen LogP contribution is -2.60. The van der Waals surface area contributed by atoms with Crippen molar-refractivity contribution in [3.8, 4) is 5.75 Å². The Kier molecular flexibility index (Phi) is 7.92. The zero-order chi connectivity index (χ0) is 22.4. The summed E-state index contributed by atoms with van der Waals surface area (Å²) in [5.74, 6) is -0.892. The third-order valence-electron chi connectivity index (χ3n) is 4.76. The highest BCUT2D eigenvalue weighted by Crippen LogP contribution is 2.29. The first kappa shape index (κ1) is 23.1. The van der Waals surface area contributed by atoms with Crippen molar-refractivity contribution in [2.75, 3.05) is 13.1 Å². The van der Waals surface area contributed by atoms with Crippen molar-refractivity contribution >= 4 is 45.3 Å². The normalized spacial score (nSPS) is 16.9. The highest BCUT2D eigenvalue weighted by Gasteiger charge is 2.37. The fourth-order valence-corrected chi connectivity index (χ4v) is 3.96.